The molecule has 0 saturated carbocycles. The molecular weight excluding hydrogens is 252 g/mol. The fourth-order valence-electron chi connectivity index (χ4n) is 1.70. The van der Waals surface area contributed by atoms with Crippen molar-refractivity contribution >= 4 is 5.97 Å². The third-order valence-electron chi connectivity index (χ3n) is 2.67. The maximum atomic E-state index is 13.0. The molecule has 0 saturated heterocycles. The summed E-state index contributed by atoms with van der Waals surface area (Å²) in [5, 5.41) is 0. The zero-order chi connectivity index (χ0) is 14.3. The summed E-state index contributed by atoms with van der Waals surface area (Å²) in [6.07, 6.45) is 2.87. The van der Waals surface area contributed by atoms with Crippen LogP contribution < -0.4 is 5.73 Å². The lowest BCUT2D eigenvalue weighted by Crippen LogP contribution is -2.34. The molecule has 3 nitrogen and oxygen atoms in total. The number of halogens is 2. The minimum absolute atomic E-state index is 0.0568. The van der Waals surface area contributed by atoms with Gasteiger partial charge in [-0.05, 0) is 30.5 Å². The molecule has 1 aromatic rings. The highest BCUT2D eigenvalue weighted by molar-refractivity contribution is 5.75. The molecule has 0 unspecified atom stereocenters. The average Bonchev–Trinajstić information content (AvgIpc) is 2.33. The van der Waals surface area contributed by atoms with E-state index >= 15 is 0 Å². The maximum absolute atomic E-state index is 13.0. The van der Waals surface area contributed by atoms with E-state index < -0.39 is 23.6 Å². The first-order valence-electron chi connectivity index (χ1n) is 6.40. The van der Waals surface area contributed by atoms with Crippen molar-refractivity contribution in [3.05, 3.63) is 35.4 Å². The second-order valence-electron chi connectivity index (χ2n) is 4.46. The van der Waals surface area contributed by atoms with Crippen LogP contribution in [0.2, 0.25) is 0 Å². The van der Waals surface area contributed by atoms with Crippen LogP contribution >= 0.6 is 0 Å². The first-order chi connectivity index (χ1) is 9.02. The summed E-state index contributed by atoms with van der Waals surface area (Å²) in [4.78, 5) is 11.5. The molecule has 0 aromatic heterocycles. The van der Waals surface area contributed by atoms with Gasteiger partial charge in [0, 0.05) is 6.07 Å². The first kappa shape index (κ1) is 15.6. The van der Waals surface area contributed by atoms with Gasteiger partial charge in [-0.1, -0.05) is 19.8 Å². The van der Waals surface area contributed by atoms with Crippen LogP contribution in [0.3, 0.4) is 0 Å². The quantitative estimate of drug-likeness (QED) is 0.612. The molecule has 0 radical (unpaired) electrons. The number of nitrogens with two attached hydrogens (primary N) is 1. The van der Waals surface area contributed by atoms with Gasteiger partial charge in [-0.2, -0.15) is 0 Å². The lowest BCUT2D eigenvalue weighted by Gasteiger charge is -2.11. The molecule has 0 heterocycles. The SMILES string of the molecule is CCCCCOC(=O)[C@@H](N)Cc1cc(F)cc(F)c1. The van der Waals surface area contributed by atoms with Gasteiger partial charge < -0.3 is 10.5 Å². The Labute approximate surface area is 111 Å². The topological polar surface area (TPSA) is 52.3 Å². The minimum Gasteiger partial charge on any atom is -0.465 e. The van der Waals surface area contributed by atoms with Crippen LogP contribution in [0.5, 0.6) is 0 Å². The van der Waals surface area contributed by atoms with Crippen molar-refractivity contribution in [1.82, 2.24) is 0 Å². The van der Waals surface area contributed by atoms with E-state index in [0.29, 0.717) is 12.2 Å². The van der Waals surface area contributed by atoms with E-state index in [4.69, 9.17) is 10.5 Å². The van der Waals surface area contributed by atoms with Gasteiger partial charge in [0.1, 0.15) is 17.7 Å². The predicted octanol–water partition coefficient (Wildman–Crippen LogP) is 2.57. The van der Waals surface area contributed by atoms with Crippen LogP contribution in [0.25, 0.3) is 0 Å². The zero-order valence-electron chi connectivity index (χ0n) is 11.0. The van der Waals surface area contributed by atoms with Crippen molar-refractivity contribution in [1.29, 1.82) is 0 Å². The molecule has 19 heavy (non-hydrogen) atoms. The van der Waals surface area contributed by atoms with Gasteiger partial charge >= 0.3 is 5.97 Å². The molecule has 106 valence electrons. The Morgan fingerprint density at radius 2 is 1.89 bits per heavy atom. The molecule has 1 atom stereocenters. The lowest BCUT2D eigenvalue weighted by atomic mass is 10.1. The number of rotatable bonds is 7. The molecule has 1 rings (SSSR count). The molecule has 0 aliphatic heterocycles. The van der Waals surface area contributed by atoms with E-state index in [2.05, 4.69) is 0 Å². The van der Waals surface area contributed by atoms with Crippen LogP contribution in [0.4, 0.5) is 8.78 Å². The Hall–Kier alpha value is -1.49. The van der Waals surface area contributed by atoms with E-state index in [1.807, 2.05) is 6.92 Å². The number of esters is 1. The molecule has 0 amide bonds. The van der Waals surface area contributed by atoms with E-state index in [1.54, 1.807) is 0 Å². The fraction of sp³-hybridized carbons (Fsp3) is 0.500. The number of hydrogen-bond donors (Lipinski definition) is 1. The summed E-state index contributed by atoms with van der Waals surface area (Å²) >= 11 is 0. The molecule has 0 spiro atoms. The van der Waals surface area contributed by atoms with E-state index in [1.165, 1.54) is 0 Å². The molecule has 0 bridgehead atoms. The van der Waals surface area contributed by atoms with Gasteiger partial charge in [-0.3, -0.25) is 4.79 Å². The number of hydrogen-bond acceptors (Lipinski definition) is 3. The fourth-order valence-corrected chi connectivity index (χ4v) is 1.70. The first-order valence-corrected chi connectivity index (χ1v) is 6.40. The number of carbonyl (C=O) groups excluding carboxylic acids is 1. The summed E-state index contributed by atoms with van der Waals surface area (Å²) in [5.41, 5.74) is 5.99. The Balaban J connectivity index is 2.44. The van der Waals surface area contributed by atoms with E-state index in [9.17, 15) is 13.6 Å². The predicted molar refractivity (Wildman–Crippen MR) is 68.5 cm³/mol. The lowest BCUT2D eigenvalue weighted by molar-refractivity contribution is -0.145. The van der Waals surface area contributed by atoms with Crippen molar-refractivity contribution in [3.8, 4) is 0 Å². The van der Waals surface area contributed by atoms with Crippen LogP contribution in [0, 0.1) is 11.6 Å². The number of carbonyl (C=O) groups is 1. The summed E-state index contributed by atoms with van der Waals surface area (Å²) in [7, 11) is 0. The monoisotopic (exact) mass is 271 g/mol. The van der Waals surface area contributed by atoms with Gasteiger partial charge in [-0.25, -0.2) is 8.78 Å². The summed E-state index contributed by atoms with van der Waals surface area (Å²) in [6.45, 7) is 2.38. The molecular formula is C14H19F2NO2. The minimum atomic E-state index is -0.900. The Kier molecular flexibility index (Phi) is 6.42. The van der Waals surface area contributed by atoms with Crippen molar-refractivity contribution < 1.29 is 18.3 Å². The van der Waals surface area contributed by atoms with Gasteiger partial charge in [0.2, 0.25) is 0 Å². The standard InChI is InChI=1S/C14H19F2NO2/c1-2-3-4-5-19-14(18)13(17)8-10-6-11(15)9-12(16)7-10/h6-7,9,13H,2-5,8,17H2,1H3/t13-/m0/s1. The van der Waals surface area contributed by atoms with Crippen molar-refractivity contribution in [2.45, 2.75) is 38.6 Å². The van der Waals surface area contributed by atoms with Gasteiger partial charge in [-0.15, -0.1) is 0 Å². The van der Waals surface area contributed by atoms with Crippen molar-refractivity contribution in [3.63, 3.8) is 0 Å². The van der Waals surface area contributed by atoms with Crippen molar-refractivity contribution in [2.75, 3.05) is 6.61 Å². The number of benzene rings is 1. The smallest absolute Gasteiger partial charge is 0.323 e. The van der Waals surface area contributed by atoms with E-state index in [-0.39, 0.29) is 6.42 Å². The Morgan fingerprint density at radius 1 is 1.26 bits per heavy atom. The average molecular weight is 271 g/mol. The highest BCUT2D eigenvalue weighted by Gasteiger charge is 2.16. The largest absolute Gasteiger partial charge is 0.465 e. The van der Waals surface area contributed by atoms with Crippen LogP contribution in [0.1, 0.15) is 31.7 Å². The van der Waals surface area contributed by atoms with Gasteiger partial charge in [0.15, 0.2) is 0 Å². The summed E-state index contributed by atoms with van der Waals surface area (Å²) < 4.78 is 30.9. The Morgan fingerprint density at radius 3 is 2.47 bits per heavy atom. The second-order valence-corrected chi connectivity index (χ2v) is 4.46. The number of unbranched alkanes of at least 4 members (excludes halogenated alkanes) is 2. The van der Waals surface area contributed by atoms with Gasteiger partial charge in [0.25, 0.3) is 0 Å². The second kappa shape index (κ2) is 7.84. The maximum Gasteiger partial charge on any atom is 0.323 e. The zero-order valence-corrected chi connectivity index (χ0v) is 11.0. The number of ether oxygens (including phenoxy) is 1. The molecule has 1 aromatic carbocycles. The van der Waals surface area contributed by atoms with Crippen LogP contribution in [-0.2, 0) is 16.0 Å². The third-order valence-corrected chi connectivity index (χ3v) is 2.67. The molecule has 2 N–H and O–H groups in total. The van der Waals surface area contributed by atoms with E-state index in [0.717, 1.165) is 37.5 Å². The third kappa shape index (κ3) is 5.79. The molecule has 0 aliphatic carbocycles. The Bertz CT molecular complexity index is 404. The summed E-state index contributed by atoms with van der Waals surface area (Å²) in [6, 6.07) is 2.20. The molecule has 0 aliphatic rings. The summed E-state index contributed by atoms with van der Waals surface area (Å²) in [5.74, 6) is -1.90. The normalized spacial score (nSPS) is 12.2. The molecule has 0 fully saturated rings. The highest BCUT2D eigenvalue weighted by atomic mass is 19.1. The van der Waals surface area contributed by atoms with Gasteiger partial charge in [0.05, 0.1) is 6.61 Å². The molecule has 5 heteroatoms. The van der Waals surface area contributed by atoms with Crippen LogP contribution in [0.15, 0.2) is 18.2 Å². The highest BCUT2D eigenvalue weighted by Crippen LogP contribution is 2.10. The van der Waals surface area contributed by atoms with Crippen LogP contribution in [-0.4, -0.2) is 18.6 Å². The van der Waals surface area contributed by atoms with Crippen molar-refractivity contribution in [2.24, 2.45) is 5.73 Å².